The lowest BCUT2D eigenvalue weighted by atomic mass is 10.1. The zero-order valence-corrected chi connectivity index (χ0v) is 14.3. The van der Waals surface area contributed by atoms with Crippen molar-refractivity contribution in [1.29, 1.82) is 0 Å². The number of carbonyl (C=O) groups excluding carboxylic acids is 2. The number of nitrogens with zero attached hydrogens (tertiary/aromatic N) is 3. The van der Waals surface area contributed by atoms with Gasteiger partial charge in [-0.2, -0.15) is 10.1 Å². The van der Waals surface area contributed by atoms with Gasteiger partial charge in [0.05, 0.1) is 5.69 Å². The summed E-state index contributed by atoms with van der Waals surface area (Å²) >= 11 is 6.48. The molecule has 1 heterocycles. The van der Waals surface area contributed by atoms with E-state index >= 15 is 0 Å². The smallest absolute Gasteiger partial charge is 0.263 e. The Hall–Kier alpha value is -2.64. The average molecular weight is 376 g/mol. The highest BCUT2D eigenvalue weighted by Gasteiger charge is 2.17. The molecule has 0 spiro atoms. The molecule has 0 saturated carbocycles. The van der Waals surface area contributed by atoms with E-state index in [1.54, 1.807) is 24.3 Å². The summed E-state index contributed by atoms with van der Waals surface area (Å²) in [5.74, 6) is -1.61. The largest absolute Gasteiger partial charge is 0.286 e. The molecule has 1 aromatic heterocycles. The summed E-state index contributed by atoms with van der Waals surface area (Å²) in [6, 6.07) is 14.2. The monoisotopic (exact) mass is 375 g/mol. The van der Waals surface area contributed by atoms with Gasteiger partial charge < -0.3 is 0 Å². The first kappa shape index (κ1) is 17.2. The van der Waals surface area contributed by atoms with Gasteiger partial charge in [-0.05, 0) is 36.4 Å². The van der Waals surface area contributed by atoms with E-state index in [4.69, 9.17) is 11.6 Å². The Balaban J connectivity index is 2.10. The van der Waals surface area contributed by atoms with Crippen LogP contribution in [0.5, 0.6) is 0 Å². The maximum Gasteiger partial charge on any atom is 0.263 e. The first-order chi connectivity index (χ1) is 12.1. The van der Waals surface area contributed by atoms with Crippen molar-refractivity contribution in [1.82, 2.24) is 9.78 Å². The Morgan fingerprint density at radius 3 is 2.44 bits per heavy atom. The van der Waals surface area contributed by atoms with Crippen LogP contribution in [-0.2, 0) is 4.79 Å². The van der Waals surface area contributed by atoms with E-state index in [9.17, 15) is 14.0 Å². The normalized spacial score (nSPS) is 11.5. The molecule has 0 N–H and O–H groups in total. The SMILES string of the molecule is O=C(CCl)N=c1sc(C(=O)c2ccc(F)cc2)nn1-c1ccccc1. The van der Waals surface area contributed by atoms with Crippen LogP contribution in [0.15, 0.2) is 59.6 Å². The van der Waals surface area contributed by atoms with Crippen LogP contribution in [0.2, 0.25) is 0 Å². The maximum absolute atomic E-state index is 13.0. The zero-order valence-electron chi connectivity index (χ0n) is 12.7. The van der Waals surface area contributed by atoms with Crippen molar-refractivity contribution in [2.45, 2.75) is 0 Å². The van der Waals surface area contributed by atoms with Gasteiger partial charge in [0.15, 0.2) is 5.01 Å². The number of amides is 1. The number of rotatable bonds is 4. The molecule has 126 valence electrons. The van der Waals surface area contributed by atoms with E-state index in [1.165, 1.54) is 28.9 Å². The van der Waals surface area contributed by atoms with Gasteiger partial charge in [-0.25, -0.2) is 9.07 Å². The van der Waals surface area contributed by atoms with Crippen molar-refractivity contribution in [3.05, 3.63) is 75.8 Å². The van der Waals surface area contributed by atoms with Crippen LogP contribution in [-0.4, -0.2) is 27.4 Å². The van der Waals surface area contributed by atoms with Crippen molar-refractivity contribution in [2.24, 2.45) is 4.99 Å². The molecule has 8 heteroatoms. The number of benzene rings is 2. The minimum atomic E-state index is -0.532. The Bertz CT molecular complexity index is 981. The highest BCUT2D eigenvalue weighted by molar-refractivity contribution is 7.11. The molecule has 0 saturated heterocycles. The minimum absolute atomic E-state index is 0.136. The van der Waals surface area contributed by atoms with Gasteiger partial charge in [0.25, 0.3) is 5.91 Å². The number of hydrogen-bond donors (Lipinski definition) is 0. The summed E-state index contributed by atoms with van der Waals surface area (Å²) in [6.45, 7) is 0. The number of carbonyl (C=O) groups is 2. The topological polar surface area (TPSA) is 64.3 Å². The molecule has 0 fully saturated rings. The van der Waals surface area contributed by atoms with Crippen LogP contribution in [0.25, 0.3) is 5.69 Å². The second-order valence-electron chi connectivity index (χ2n) is 4.91. The van der Waals surface area contributed by atoms with Gasteiger partial charge in [-0.1, -0.05) is 29.5 Å². The van der Waals surface area contributed by atoms with Crippen molar-refractivity contribution < 1.29 is 14.0 Å². The molecule has 5 nitrogen and oxygen atoms in total. The van der Waals surface area contributed by atoms with Crippen LogP contribution < -0.4 is 4.80 Å². The van der Waals surface area contributed by atoms with Crippen LogP contribution in [0.4, 0.5) is 4.39 Å². The van der Waals surface area contributed by atoms with Crippen molar-refractivity contribution in [3.63, 3.8) is 0 Å². The Kier molecular flexibility index (Phi) is 5.16. The van der Waals surface area contributed by atoms with Crippen molar-refractivity contribution in [3.8, 4) is 5.69 Å². The number of ketones is 1. The van der Waals surface area contributed by atoms with E-state index < -0.39 is 11.7 Å². The summed E-state index contributed by atoms with van der Waals surface area (Å²) in [4.78, 5) is 28.3. The molecular weight excluding hydrogens is 365 g/mol. The van der Waals surface area contributed by atoms with E-state index in [2.05, 4.69) is 10.1 Å². The summed E-state index contributed by atoms with van der Waals surface area (Å²) in [5.41, 5.74) is 0.948. The third-order valence-electron chi connectivity index (χ3n) is 3.20. The van der Waals surface area contributed by atoms with Crippen molar-refractivity contribution in [2.75, 3.05) is 5.88 Å². The lowest BCUT2D eigenvalue weighted by Gasteiger charge is -2.00. The summed E-state index contributed by atoms with van der Waals surface area (Å²) in [6.07, 6.45) is 0. The zero-order chi connectivity index (χ0) is 17.8. The molecule has 0 aliphatic rings. The lowest BCUT2D eigenvalue weighted by molar-refractivity contribution is -0.115. The Morgan fingerprint density at radius 1 is 1.12 bits per heavy atom. The van der Waals surface area contributed by atoms with Gasteiger partial charge in [0.1, 0.15) is 11.7 Å². The number of para-hydroxylation sites is 1. The second-order valence-corrected chi connectivity index (χ2v) is 6.14. The molecule has 25 heavy (non-hydrogen) atoms. The minimum Gasteiger partial charge on any atom is -0.286 e. The fourth-order valence-corrected chi connectivity index (χ4v) is 2.99. The van der Waals surface area contributed by atoms with Crippen LogP contribution in [0, 0.1) is 5.82 Å². The highest BCUT2D eigenvalue weighted by atomic mass is 35.5. The molecule has 0 unspecified atom stereocenters. The maximum atomic E-state index is 13.0. The van der Waals surface area contributed by atoms with E-state index in [-0.39, 0.29) is 21.5 Å². The van der Waals surface area contributed by atoms with Gasteiger partial charge >= 0.3 is 0 Å². The summed E-state index contributed by atoms with van der Waals surface area (Å²) < 4.78 is 14.4. The van der Waals surface area contributed by atoms with Gasteiger partial charge in [-0.3, -0.25) is 9.59 Å². The molecule has 0 aliphatic carbocycles. The number of halogens is 2. The third-order valence-corrected chi connectivity index (χ3v) is 4.33. The molecule has 0 atom stereocenters. The van der Waals surface area contributed by atoms with Gasteiger partial charge in [0.2, 0.25) is 10.6 Å². The Morgan fingerprint density at radius 2 is 1.80 bits per heavy atom. The molecule has 1 amide bonds. The van der Waals surface area contributed by atoms with E-state index in [0.717, 1.165) is 11.3 Å². The number of alkyl halides is 1. The summed E-state index contributed by atoms with van der Waals surface area (Å²) in [7, 11) is 0. The predicted octanol–water partition coefficient (Wildman–Crippen LogP) is 2.97. The van der Waals surface area contributed by atoms with Gasteiger partial charge in [-0.15, -0.1) is 11.6 Å². The molecule has 2 aromatic carbocycles. The lowest BCUT2D eigenvalue weighted by Crippen LogP contribution is -2.17. The van der Waals surface area contributed by atoms with Crippen LogP contribution in [0.3, 0.4) is 0 Å². The fraction of sp³-hybridized carbons (Fsp3) is 0.0588. The first-order valence-electron chi connectivity index (χ1n) is 7.18. The molecule has 3 aromatic rings. The molecular formula is C17H11ClFN3O2S. The second kappa shape index (κ2) is 7.50. The quantitative estimate of drug-likeness (QED) is 0.520. The standard InChI is InChI=1S/C17H11ClFN3O2S/c18-10-14(23)20-17-22(13-4-2-1-3-5-13)21-16(25-17)15(24)11-6-8-12(19)9-7-11/h1-9H,10H2. The van der Waals surface area contributed by atoms with E-state index in [1.807, 2.05) is 6.07 Å². The predicted molar refractivity (Wildman–Crippen MR) is 92.6 cm³/mol. The van der Waals surface area contributed by atoms with Gasteiger partial charge in [0, 0.05) is 5.56 Å². The first-order valence-corrected chi connectivity index (χ1v) is 8.53. The third kappa shape index (κ3) is 3.89. The molecule has 3 rings (SSSR count). The number of aromatic nitrogens is 2. The summed E-state index contributed by atoms with van der Waals surface area (Å²) in [5, 5.41) is 4.41. The van der Waals surface area contributed by atoms with Crippen LogP contribution in [0.1, 0.15) is 15.4 Å². The van der Waals surface area contributed by atoms with Crippen LogP contribution >= 0.6 is 22.9 Å². The van der Waals surface area contributed by atoms with Crippen molar-refractivity contribution >= 4 is 34.6 Å². The average Bonchev–Trinajstić information content (AvgIpc) is 3.06. The molecule has 0 radical (unpaired) electrons. The number of hydrogen-bond acceptors (Lipinski definition) is 4. The highest BCUT2D eigenvalue weighted by Crippen LogP contribution is 2.13. The fourth-order valence-electron chi connectivity index (χ4n) is 2.04. The Labute approximate surface area is 151 Å². The van der Waals surface area contributed by atoms with E-state index in [0.29, 0.717) is 11.3 Å². The molecule has 0 bridgehead atoms. The molecule has 0 aliphatic heterocycles.